The normalized spacial score (nSPS) is 19.1. The zero-order chi connectivity index (χ0) is 15.1. The van der Waals surface area contributed by atoms with Gasteiger partial charge in [0.05, 0.1) is 25.7 Å². The molecule has 1 N–H and O–H groups in total. The third-order valence-electron chi connectivity index (χ3n) is 3.41. The van der Waals surface area contributed by atoms with Crippen LogP contribution in [0.3, 0.4) is 0 Å². The molecule has 7 nitrogen and oxygen atoms in total. The van der Waals surface area contributed by atoms with E-state index in [1.54, 1.807) is 0 Å². The van der Waals surface area contributed by atoms with E-state index in [1.807, 2.05) is 24.3 Å². The van der Waals surface area contributed by atoms with Crippen molar-refractivity contribution in [1.29, 1.82) is 0 Å². The lowest BCUT2D eigenvalue weighted by molar-refractivity contribution is -0.178. The zero-order valence-corrected chi connectivity index (χ0v) is 11.6. The highest BCUT2D eigenvalue weighted by Gasteiger charge is 2.27. The molecule has 0 bridgehead atoms. The number of anilines is 1. The van der Waals surface area contributed by atoms with Crippen molar-refractivity contribution in [3.63, 3.8) is 0 Å². The number of hydrogen-bond acceptors (Lipinski definition) is 7. The fourth-order valence-corrected chi connectivity index (χ4v) is 2.43. The quantitative estimate of drug-likeness (QED) is 0.705. The Kier molecular flexibility index (Phi) is 5.53. The average molecular weight is 294 g/mol. The molecule has 0 saturated carbocycles. The number of ether oxygens (including phenoxy) is 1. The van der Waals surface area contributed by atoms with E-state index in [1.165, 1.54) is 5.06 Å². The molecule has 1 heterocycles. The summed E-state index contributed by atoms with van der Waals surface area (Å²) in [6.07, 6.45) is 0. The first-order chi connectivity index (χ1) is 10.3. The number of rotatable bonds is 7. The standard InChI is InChI=1S/C14H18N2O5/c17-8-14-7-15(21-11-19)4-5-16(14)13-3-1-2-12(6-13)9-20-10-18/h1-3,6,10-11,14,17H,4-5,7-9H2/t14-/m0/s1. The van der Waals surface area contributed by atoms with Crippen molar-refractivity contribution in [3.05, 3.63) is 29.8 Å². The Morgan fingerprint density at radius 1 is 1.29 bits per heavy atom. The maximum atomic E-state index is 10.4. The second-order valence-corrected chi connectivity index (χ2v) is 4.70. The summed E-state index contributed by atoms with van der Waals surface area (Å²) in [5.41, 5.74) is 1.81. The molecule has 21 heavy (non-hydrogen) atoms. The molecule has 0 aromatic heterocycles. The third kappa shape index (κ3) is 3.93. The number of aliphatic hydroxyl groups excluding tert-OH is 1. The molecule has 1 saturated heterocycles. The Labute approximate surface area is 122 Å². The van der Waals surface area contributed by atoms with E-state index < -0.39 is 0 Å². The smallest absolute Gasteiger partial charge is 0.312 e. The Balaban J connectivity index is 2.09. The fraction of sp³-hybridized carbons (Fsp3) is 0.429. The monoisotopic (exact) mass is 294 g/mol. The number of nitrogens with zero attached hydrogens (tertiary/aromatic N) is 2. The van der Waals surface area contributed by atoms with Crippen molar-refractivity contribution in [1.82, 2.24) is 5.06 Å². The number of hydrogen-bond donors (Lipinski definition) is 1. The zero-order valence-electron chi connectivity index (χ0n) is 11.6. The van der Waals surface area contributed by atoms with E-state index >= 15 is 0 Å². The van der Waals surface area contributed by atoms with Crippen LogP contribution < -0.4 is 4.90 Å². The van der Waals surface area contributed by atoms with Crippen LogP contribution in [0.1, 0.15) is 5.56 Å². The lowest BCUT2D eigenvalue weighted by Crippen LogP contribution is -2.54. The van der Waals surface area contributed by atoms with Gasteiger partial charge in [0.25, 0.3) is 6.47 Å². The Morgan fingerprint density at radius 3 is 2.86 bits per heavy atom. The fourth-order valence-electron chi connectivity index (χ4n) is 2.43. The summed E-state index contributed by atoms with van der Waals surface area (Å²) in [6.45, 7) is 2.59. The summed E-state index contributed by atoms with van der Waals surface area (Å²) in [5, 5.41) is 11.1. The molecule has 114 valence electrons. The maximum Gasteiger partial charge on any atom is 0.312 e. The summed E-state index contributed by atoms with van der Waals surface area (Å²) in [6, 6.07) is 7.43. The van der Waals surface area contributed by atoms with Crippen molar-refractivity contribution >= 4 is 18.6 Å². The topological polar surface area (TPSA) is 79.3 Å². The van der Waals surface area contributed by atoms with Crippen molar-refractivity contribution in [3.8, 4) is 0 Å². The predicted molar refractivity (Wildman–Crippen MR) is 74.2 cm³/mol. The predicted octanol–water partition coefficient (Wildman–Crippen LogP) is -0.0695. The lowest BCUT2D eigenvalue weighted by Gasteiger charge is -2.40. The van der Waals surface area contributed by atoms with Crippen LogP contribution in [-0.4, -0.2) is 55.4 Å². The van der Waals surface area contributed by atoms with Gasteiger partial charge in [0, 0.05) is 12.2 Å². The van der Waals surface area contributed by atoms with Crippen LogP contribution >= 0.6 is 0 Å². The van der Waals surface area contributed by atoms with Gasteiger partial charge in [-0.15, -0.1) is 5.06 Å². The molecule has 1 aromatic carbocycles. The molecule has 1 fully saturated rings. The molecular weight excluding hydrogens is 276 g/mol. The molecule has 7 heteroatoms. The van der Waals surface area contributed by atoms with E-state index in [-0.39, 0.29) is 19.3 Å². The van der Waals surface area contributed by atoms with Crippen LogP contribution in [0.25, 0.3) is 0 Å². The molecule has 2 rings (SSSR count). The molecular formula is C14H18N2O5. The number of piperazine rings is 1. The first-order valence-corrected chi connectivity index (χ1v) is 6.65. The number of aliphatic hydroxyl groups is 1. The van der Waals surface area contributed by atoms with Gasteiger partial charge in [0.1, 0.15) is 6.61 Å². The van der Waals surface area contributed by atoms with E-state index in [0.717, 1.165) is 11.3 Å². The Bertz CT molecular complexity index is 482. The minimum atomic E-state index is -0.166. The summed E-state index contributed by atoms with van der Waals surface area (Å²) < 4.78 is 4.75. The molecule has 0 amide bonds. The van der Waals surface area contributed by atoms with Crippen molar-refractivity contribution < 1.29 is 24.3 Å². The molecule has 1 aliphatic heterocycles. The van der Waals surface area contributed by atoms with Crippen molar-refractivity contribution in [2.75, 3.05) is 31.1 Å². The number of benzene rings is 1. The number of carbonyl (C=O) groups is 2. The SMILES string of the molecule is O=COCc1cccc(N2CCN(OC=O)C[C@H]2CO)c1. The first kappa shape index (κ1) is 15.3. The van der Waals surface area contributed by atoms with Gasteiger partial charge >= 0.3 is 6.47 Å². The molecule has 1 aromatic rings. The van der Waals surface area contributed by atoms with E-state index in [9.17, 15) is 14.7 Å². The highest BCUT2D eigenvalue weighted by atomic mass is 16.7. The van der Waals surface area contributed by atoms with Crippen LogP contribution in [0.4, 0.5) is 5.69 Å². The molecule has 0 spiro atoms. The third-order valence-corrected chi connectivity index (χ3v) is 3.41. The summed E-state index contributed by atoms with van der Waals surface area (Å²) in [4.78, 5) is 27.5. The second-order valence-electron chi connectivity index (χ2n) is 4.70. The summed E-state index contributed by atoms with van der Waals surface area (Å²) >= 11 is 0. The minimum Gasteiger partial charge on any atom is -0.463 e. The largest absolute Gasteiger partial charge is 0.463 e. The molecule has 0 unspecified atom stereocenters. The molecule has 0 aliphatic carbocycles. The Morgan fingerprint density at radius 2 is 2.14 bits per heavy atom. The van der Waals surface area contributed by atoms with Gasteiger partial charge in [-0.25, -0.2) is 0 Å². The highest BCUT2D eigenvalue weighted by Crippen LogP contribution is 2.22. The van der Waals surface area contributed by atoms with Crippen LogP contribution in [-0.2, 0) is 25.8 Å². The van der Waals surface area contributed by atoms with E-state index in [0.29, 0.717) is 32.6 Å². The van der Waals surface area contributed by atoms with E-state index in [4.69, 9.17) is 9.57 Å². The highest BCUT2D eigenvalue weighted by molar-refractivity contribution is 5.50. The van der Waals surface area contributed by atoms with Crippen LogP contribution in [0.2, 0.25) is 0 Å². The van der Waals surface area contributed by atoms with E-state index in [2.05, 4.69) is 4.90 Å². The Hall–Kier alpha value is -2.12. The number of carbonyl (C=O) groups excluding carboxylic acids is 2. The summed E-state index contributed by atoms with van der Waals surface area (Å²) in [5.74, 6) is 0. The average Bonchev–Trinajstić information content (AvgIpc) is 2.53. The maximum absolute atomic E-state index is 10.4. The van der Waals surface area contributed by atoms with Crippen LogP contribution in [0, 0.1) is 0 Å². The van der Waals surface area contributed by atoms with Gasteiger partial charge in [-0.2, -0.15) is 0 Å². The first-order valence-electron chi connectivity index (χ1n) is 6.65. The van der Waals surface area contributed by atoms with Gasteiger partial charge in [-0.1, -0.05) is 12.1 Å². The van der Waals surface area contributed by atoms with Crippen LogP contribution in [0.5, 0.6) is 0 Å². The molecule has 1 aliphatic rings. The number of hydroxylamine groups is 2. The molecule has 1 atom stereocenters. The van der Waals surface area contributed by atoms with Crippen LogP contribution in [0.15, 0.2) is 24.3 Å². The second kappa shape index (κ2) is 7.61. The van der Waals surface area contributed by atoms with Gasteiger partial charge in [-0.3, -0.25) is 9.59 Å². The van der Waals surface area contributed by atoms with Gasteiger partial charge in [0.2, 0.25) is 0 Å². The van der Waals surface area contributed by atoms with Gasteiger partial charge in [0.15, 0.2) is 0 Å². The van der Waals surface area contributed by atoms with Gasteiger partial charge in [-0.05, 0) is 17.7 Å². The lowest BCUT2D eigenvalue weighted by atomic mass is 10.1. The minimum absolute atomic E-state index is 0.0478. The summed E-state index contributed by atoms with van der Waals surface area (Å²) in [7, 11) is 0. The molecule has 0 radical (unpaired) electrons. The van der Waals surface area contributed by atoms with Gasteiger partial charge < -0.3 is 19.6 Å². The van der Waals surface area contributed by atoms with Crippen molar-refractivity contribution in [2.45, 2.75) is 12.6 Å². The van der Waals surface area contributed by atoms with Crippen molar-refractivity contribution in [2.24, 2.45) is 0 Å².